The fraction of sp³-hybridized carbons (Fsp3) is 0. The van der Waals surface area contributed by atoms with Gasteiger partial charge in [-0.15, -0.1) is 0 Å². The number of hydrogen-bond acceptors (Lipinski definition) is 0. The van der Waals surface area contributed by atoms with Gasteiger partial charge in [0.25, 0.3) is 0 Å². The molecule has 0 aliphatic rings. The summed E-state index contributed by atoms with van der Waals surface area (Å²) in [6, 6.07) is 32.8. The number of hydrogen-bond donors (Lipinski definition) is 0. The minimum absolute atomic E-state index is 1.51. The molecule has 0 aromatic heterocycles. The first-order chi connectivity index (χ1) is 9.45. The standard InChI is InChI=1S/C18H17Si/c1-4-10-16(11-5-1)19(17-12-6-2-7-13-17)18-14-8-3-9-15-18/h1-15H,19H2/q-1. The summed E-state index contributed by atoms with van der Waals surface area (Å²) >= 11 is 0. The van der Waals surface area contributed by atoms with E-state index in [-0.39, 0.29) is 0 Å². The van der Waals surface area contributed by atoms with Gasteiger partial charge in [-0.25, -0.2) is 0 Å². The third-order valence-electron chi connectivity index (χ3n) is 3.75. The Bertz CT molecular complexity index is 524. The Morgan fingerprint density at radius 1 is 0.368 bits per heavy atom. The van der Waals surface area contributed by atoms with Crippen LogP contribution in [-0.4, -0.2) is 8.80 Å². The Morgan fingerprint density at radius 3 is 0.895 bits per heavy atom. The Labute approximate surface area is 116 Å². The molecule has 0 aliphatic heterocycles. The van der Waals surface area contributed by atoms with Crippen molar-refractivity contribution in [2.45, 2.75) is 0 Å². The number of rotatable bonds is 3. The predicted octanol–water partition coefficient (Wildman–Crippen LogP) is 1.67. The van der Waals surface area contributed by atoms with Crippen molar-refractivity contribution in [1.29, 1.82) is 0 Å². The van der Waals surface area contributed by atoms with Crippen molar-refractivity contribution in [1.82, 2.24) is 0 Å². The molecule has 3 aromatic carbocycles. The fourth-order valence-corrected chi connectivity index (χ4v) is 6.49. The normalized spacial score (nSPS) is 11.1. The van der Waals surface area contributed by atoms with E-state index in [1.807, 2.05) is 0 Å². The molecule has 0 atom stereocenters. The van der Waals surface area contributed by atoms with Gasteiger partial charge in [0.2, 0.25) is 0 Å². The van der Waals surface area contributed by atoms with Crippen LogP contribution >= 0.6 is 0 Å². The van der Waals surface area contributed by atoms with Crippen molar-refractivity contribution in [3.63, 3.8) is 0 Å². The summed E-state index contributed by atoms with van der Waals surface area (Å²) < 4.78 is 0. The first kappa shape index (κ1) is 11.9. The van der Waals surface area contributed by atoms with Crippen LogP contribution in [0.25, 0.3) is 0 Å². The van der Waals surface area contributed by atoms with Gasteiger partial charge in [-0.05, 0) is 0 Å². The molecule has 0 saturated heterocycles. The van der Waals surface area contributed by atoms with Crippen LogP contribution in [0.1, 0.15) is 0 Å². The zero-order valence-electron chi connectivity index (χ0n) is 10.9. The predicted molar refractivity (Wildman–Crippen MR) is 86.8 cm³/mol. The summed E-state index contributed by atoms with van der Waals surface area (Å²) in [5, 5.41) is 4.53. The molecule has 1 heteroatoms. The van der Waals surface area contributed by atoms with Gasteiger partial charge in [0.1, 0.15) is 0 Å². The van der Waals surface area contributed by atoms with Gasteiger partial charge in [-0.1, -0.05) is 0 Å². The minimum atomic E-state index is -1.74. The maximum absolute atomic E-state index is 2.28. The molecule has 0 amide bonds. The van der Waals surface area contributed by atoms with E-state index in [1.165, 1.54) is 15.6 Å². The van der Waals surface area contributed by atoms with E-state index in [2.05, 4.69) is 91.0 Å². The Morgan fingerprint density at radius 2 is 0.632 bits per heavy atom. The molecule has 0 spiro atoms. The van der Waals surface area contributed by atoms with Gasteiger partial charge in [0, 0.05) is 0 Å². The van der Waals surface area contributed by atoms with Crippen LogP contribution in [-0.2, 0) is 0 Å². The Balaban J connectivity index is 2.12. The molecule has 0 heterocycles. The SMILES string of the molecule is c1ccc([SiH2-](c2ccccc2)c2ccccc2)cc1. The van der Waals surface area contributed by atoms with E-state index in [0.717, 1.165) is 0 Å². The summed E-state index contributed by atoms with van der Waals surface area (Å²) in [6.45, 7) is 0. The summed E-state index contributed by atoms with van der Waals surface area (Å²) in [5.41, 5.74) is 0. The van der Waals surface area contributed by atoms with Gasteiger partial charge in [0.05, 0.1) is 0 Å². The van der Waals surface area contributed by atoms with Crippen LogP contribution in [0, 0.1) is 0 Å². The van der Waals surface area contributed by atoms with Crippen molar-refractivity contribution in [2.75, 3.05) is 0 Å². The van der Waals surface area contributed by atoms with Gasteiger partial charge in [0.15, 0.2) is 0 Å². The molecule has 0 N–H and O–H groups in total. The topological polar surface area (TPSA) is 0 Å². The van der Waals surface area contributed by atoms with Crippen molar-refractivity contribution in [2.24, 2.45) is 0 Å². The van der Waals surface area contributed by atoms with Crippen LogP contribution in [0.4, 0.5) is 0 Å². The van der Waals surface area contributed by atoms with Gasteiger partial charge in [-0.2, -0.15) is 0 Å². The number of benzene rings is 3. The van der Waals surface area contributed by atoms with E-state index < -0.39 is 8.80 Å². The zero-order valence-corrected chi connectivity index (χ0v) is 12.3. The third-order valence-corrected chi connectivity index (χ3v) is 7.62. The maximum atomic E-state index is 2.28. The molecule has 3 rings (SSSR count). The summed E-state index contributed by atoms with van der Waals surface area (Å²) in [5.74, 6) is 0. The monoisotopic (exact) mass is 261 g/mol. The molecule has 0 unspecified atom stereocenters. The van der Waals surface area contributed by atoms with Crippen LogP contribution in [0.5, 0.6) is 0 Å². The average molecular weight is 261 g/mol. The van der Waals surface area contributed by atoms with Crippen LogP contribution < -0.4 is 15.6 Å². The molecule has 94 valence electrons. The van der Waals surface area contributed by atoms with Crippen LogP contribution in [0.3, 0.4) is 0 Å². The fourth-order valence-electron chi connectivity index (χ4n) is 2.85. The second-order valence-electron chi connectivity index (χ2n) is 4.99. The third kappa shape index (κ3) is 2.66. The van der Waals surface area contributed by atoms with Crippen LogP contribution in [0.2, 0.25) is 0 Å². The van der Waals surface area contributed by atoms with E-state index in [9.17, 15) is 0 Å². The molecule has 0 nitrogen and oxygen atoms in total. The molecule has 0 bridgehead atoms. The molecular formula is C18H17Si-. The Kier molecular flexibility index (Phi) is 3.57. The van der Waals surface area contributed by atoms with Crippen molar-refractivity contribution in [3.8, 4) is 0 Å². The molecular weight excluding hydrogens is 244 g/mol. The van der Waals surface area contributed by atoms with Gasteiger partial charge in [-0.3, -0.25) is 0 Å². The van der Waals surface area contributed by atoms with Crippen molar-refractivity contribution >= 4 is 24.4 Å². The molecule has 0 saturated carbocycles. The summed E-state index contributed by atoms with van der Waals surface area (Å²) in [4.78, 5) is 0. The quantitative estimate of drug-likeness (QED) is 0.497. The molecule has 3 aromatic rings. The first-order valence-corrected chi connectivity index (χ1v) is 8.91. The second kappa shape index (κ2) is 5.68. The van der Waals surface area contributed by atoms with Crippen molar-refractivity contribution < 1.29 is 0 Å². The van der Waals surface area contributed by atoms with Gasteiger partial charge >= 0.3 is 115 Å². The Hall–Kier alpha value is -2.12. The zero-order chi connectivity index (χ0) is 12.9. The average Bonchev–Trinajstić information content (AvgIpc) is 2.51. The second-order valence-corrected chi connectivity index (χ2v) is 8.50. The molecule has 0 aliphatic carbocycles. The summed E-state index contributed by atoms with van der Waals surface area (Å²) in [7, 11) is -1.74. The van der Waals surface area contributed by atoms with E-state index >= 15 is 0 Å². The van der Waals surface area contributed by atoms with Crippen molar-refractivity contribution in [3.05, 3.63) is 91.0 Å². The molecule has 0 radical (unpaired) electrons. The molecule has 19 heavy (non-hydrogen) atoms. The van der Waals surface area contributed by atoms with Crippen LogP contribution in [0.15, 0.2) is 91.0 Å². The molecule has 0 fully saturated rings. The first-order valence-electron chi connectivity index (χ1n) is 6.79. The van der Waals surface area contributed by atoms with Gasteiger partial charge < -0.3 is 0 Å². The van der Waals surface area contributed by atoms with E-state index in [0.29, 0.717) is 0 Å². The summed E-state index contributed by atoms with van der Waals surface area (Å²) in [6.07, 6.45) is 0. The van der Waals surface area contributed by atoms with E-state index in [1.54, 1.807) is 0 Å². The van der Waals surface area contributed by atoms with E-state index in [4.69, 9.17) is 0 Å².